The first-order chi connectivity index (χ1) is 13.6. The van der Waals surface area contributed by atoms with Gasteiger partial charge >= 0.3 is 5.97 Å². The Morgan fingerprint density at radius 1 is 1.25 bits per heavy atom. The van der Waals surface area contributed by atoms with Gasteiger partial charge in [-0.15, -0.1) is 11.8 Å². The molecule has 7 nitrogen and oxygen atoms in total. The predicted molar refractivity (Wildman–Crippen MR) is 106 cm³/mol. The topological polar surface area (TPSA) is 79.1 Å². The first-order valence-electron chi connectivity index (χ1n) is 8.32. The smallest absolute Gasteiger partial charge is 0.325 e. The third-order valence-electron chi connectivity index (χ3n) is 4.23. The second-order valence-electron chi connectivity index (χ2n) is 5.84. The molecule has 0 aliphatic carbocycles. The van der Waals surface area contributed by atoms with Crippen molar-refractivity contribution in [2.24, 2.45) is 4.99 Å². The number of methoxy groups -OCH3 is 1. The standard InChI is InChI=1S/C19H16N2O5S2/c1-24-17(22)9-21-12-7-13-14(26-10-25-13)8-16(12)28-19(21)20-18(23)11-5-3-4-6-15(11)27-2/h3-8H,9-10H2,1-2H3. The van der Waals surface area contributed by atoms with Crippen molar-refractivity contribution in [1.82, 2.24) is 4.57 Å². The summed E-state index contributed by atoms with van der Waals surface area (Å²) in [4.78, 5) is 30.3. The number of benzene rings is 2. The average molecular weight is 416 g/mol. The Kier molecular flexibility index (Phi) is 5.10. The van der Waals surface area contributed by atoms with E-state index < -0.39 is 5.97 Å². The molecular formula is C19H16N2O5S2. The Balaban J connectivity index is 1.87. The Hall–Kier alpha value is -2.78. The van der Waals surface area contributed by atoms with Gasteiger partial charge in [0.05, 0.1) is 22.9 Å². The molecule has 1 aliphatic rings. The number of nitrogens with zero attached hydrogens (tertiary/aromatic N) is 2. The van der Waals surface area contributed by atoms with E-state index in [4.69, 9.17) is 14.2 Å². The second kappa shape index (κ2) is 7.69. The largest absolute Gasteiger partial charge is 0.468 e. The lowest BCUT2D eigenvalue weighted by atomic mass is 10.2. The number of carbonyl (C=O) groups excluding carboxylic acids is 2. The number of hydrogen-bond acceptors (Lipinski definition) is 7. The van der Waals surface area contributed by atoms with Crippen LogP contribution in [0.15, 0.2) is 46.3 Å². The van der Waals surface area contributed by atoms with E-state index in [1.807, 2.05) is 24.5 Å². The van der Waals surface area contributed by atoms with E-state index in [0.717, 1.165) is 15.1 Å². The molecule has 0 radical (unpaired) electrons. The van der Waals surface area contributed by atoms with E-state index >= 15 is 0 Å². The summed E-state index contributed by atoms with van der Waals surface area (Å²) in [6.07, 6.45) is 1.91. The second-order valence-corrected chi connectivity index (χ2v) is 7.69. The molecule has 0 spiro atoms. The van der Waals surface area contributed by atoms with Crippen LogP contribution in [0, 0.1) is 0 Å². The van der Waals surface area contributed by atoms with Crippen LogP contribution in [-0.4, -0.2) is 36.6 Å². The molecule has 0 atom stereocenters. The van der Waals surface area contributed by atoms with Gasteiger partial charge in [0.1, 0.15) is 6.54 Å². The monoisotopic (exact) mass is 416 g/mol. The molecule has 3 aromatic rings. The molecule has 0 unspecified atom stereocenters. The SMILES string of the molecule is COC(=O)Cn1c(=NC(=O)c2ccccc2SC)sc2cc3c(cc21)OCO3. The van der Waals surface area contributed by atoms with Gasteiger partial charge in [-0.2, -0.15) is 4.99 Å². The highest BCUT2D eigenvalue weighted by molar-refractivity contribution is 7.98. The normalized spacial score (nSPS) is 13.1. The minimum Gasteiger partial charge on any atom is -0.468 e. The van der Waals surface area contributed by atoms with Crippen LogP contribution in [0.2, 0.25) is 0 Å². The van der Waals surface area contributed by atoms with Crippen molar-refractivity contribution in [3.63, 3.8) is 0 Å². The van der Waals surface area contributed by atoms with Gasteiger partial charge in [-0.3, -0.25) is 9.59 Å². The first kappa shape index (κ1) is 18.6. The number of ether oxygens (including phenoxy) is 3. The number of carbonyl (C=O) groups is 2. The highest BCUT2D eigenvalue weighted by Crippen LogP contribution is 2.37. The van der Waals surface area contributed by atoms with Gasteiger partial charge in [-0.1, -0.05) is 23.5 Å². The molecule has 2 aromatic carbocycles. The van der Waals surface area contributed by atoms with Gasteiger partial charge in [0.2, 0.25) is 6.79 Å². The molecule has 0 saturated carbocycles. The van der Waals surface area contributed by atoms with Crippen LogP contribution in [0.1, 0.15) is 10.4 Å². The van der Waals surface area contributed by atoms with Crippen molar-refractivity contribution in [1.29, 1.82) is 0 Å². The fourth-order valence-corrected chi connectivity index (χ4v) is 4.49. The van der Waals surface area contributed by atoms with Crippen LogP contribution < -0.4 is 14.3 Å². The van der Waals surface area contributed by atoms with Gasteiger partial charge in [-0.05, 0) is 18.4 Å². The number of hydrogen-bond donors (Lipinski definition) is 0. The molecule has 144 valence electrons. The van der Waals surface area contributed by atoms with Crippen molar-refractivity contribution in [2.75, 3.05) is 20.2 Å². The summed E-state index contributed by atoms with van der Waals surface area (Å²) in [5, 5.41) is 0. The zero-order valence-electron chi connectivity index (χ0n) is 15.1. The number of aromatic nitrogens is 1. The van der Waals surface area contributed by atoms with E-state index in [1.165, 1.54) is 30.2 Å². The summed E-state index contributed by atoms with van der Waals surface area (Å²) in [5.41, 5.74) is 1.25. The third kappa shape index (κ3) is 3.38. The Morgan fingerprint density at radius 3 is 2.75 bits per heavy atom. The molecule has 0 bridgehead atoms. The minimum atomic E-state index is -0.434. The van der Waals surface area contributed by atoms with Crippen LogP contribution in [0.5, 0.6) is 11.5 Å². The molecule has 28 heavy (non-hydrogen) atoms. The van der Waals surface area contributed by atoms with Crippen molar-refractivity contribution in [2.45, 2.75) is 11.4 Å². The minimum absolute atomic E-state index is 0.0631. The molecule has 2 heterocycles. The average Bonchev–Trinajstić information content (AvgIpc) is 3.30. The first-order valence-corrected chi connectivity index (χ1v) is 10.4. The van der Waals surface area contributed by atoms with E-state index in [1.54, 1.807) is 22.8 Å². The van der Waals surface area contributed by atoms with Crippen molar-refractivity contribution in [3.05, 3.63) is 46.8 Å². The van der Waals surface area contributed by atoms with Crippen molar-refractivity contribution in [3.8, 4) is 11.5 Å². The summed E-state index contributed by atoms with van der Waals surface area (Å²) in [6.45, 7) is 0.0945. The summed E-state index contributed by atoms with van der Waals surface area (Å²) >= 11 is 2.79. The maximum absolute atomic E-state index is 12.8. The van der Waals surface area contributed by atoms with Gasteiger partial charge in [0.25, 0.3) is 5.91 Å². The Labute approximate surface area is 168 Å². The molecule has 0 fully saturated rings. The molecular weight excluding hydrogens is 400 g/mol. The van der Waals surface area contributed by atoms with E-state index in [-0.39, 0.29) is 19.2 Å². The van der Waals surface area contributed by atoms with E-state index in [9.17, 15) is 9.59 Å². The van der Waals surface area contributed by atoms with Gasteiger partial charge in [0, 0.05) is 17.0 Å². The highest BCUT2D eigenvalue weighted by Gasteiger charge is 2.19. The molecule has 1 aliphatic heterocycles. The zero-order valence-corrected chi connectivity index (χ0v) is 16.8. The van der Waals surface area contributed by atoms with Gasteiger partial charge in [0.15, 0.2) is 16.3 Å². The van der Waals surface area contributed by atoms with Crippen molar-refractivity contribution >= 4 is 45.2 Å². The number of amides is 1. The third-order valence-corrected chi connectivity index (χ3v) is 6.06. The Morgan fingerprint density at radius 2 is 2.00 bits per heavy atom. The lowest BCUT2D eigenvalue weighted by Crippen LogP contribution is -2.22. The zero-order chi connectivity index (χ0) is 19.7. The van der Waals surface area contributed by atoms with Crippen LogP contribution in [0.25, 0.3) is 10.2 Å². The number of esters is 1. The molecule has 0 saturated heterocycles. The van der Waals surface area contributed by atoms with Crippen LogP contribution in [0.3, 0.4) is 0 Å². The maximum Gasteiger partial charge on any atom is 0.325 e. The van der Waals surface area contributed by atoms with Crippen LogP contribution in [-0.2, 0) is 16.1 Å². The molecule has 9 heteroatoms. The summed E-state index contributed by atoms with van der Waals surface area (Å²) in [7, 11) is 1.32. The molecule has 0 N–H and O–H groups in total. The maximum atomic E-state index is 12.8. The number of thioether (sulfide) groups is 1. The van der Waals surface area contributed by atoms with Crippen molar-refractivity contribution < 1.29 is 23.8 Å². The molecule has 4 rings (SSSR count). The Bertz CT molecular complexity index is 1150. The number of rotatable bonds is 4. The van der Waals surface area contributed by atoms with Crippen LogP contribution >= 0.6 is 23.1 Å². The molecule has 1 amide bonds. The number of fused-ring (bicyclic) bond motifs is 2. The lowest BCUT2D eigenvalue weighted by molar-refractivity contribution is -0.141. The van der Waals surface area contributed by atoms with Gasteiger partial charge in [-0.25, -0.2) is 0 Å². The number of thiazole rings is 1. The van der Waals surface area contributed by atoms with Gasteiger partial charge < -0.3 is 18.8 Å². The molecule has 1 aromatic heterocycles. The quantitative estimate of drug-likeness (QED) is 0.480. The van der Waals surface area contributed by atoms with E-state index in [2.05, 4.69) is 4.99 Å². The summed E-state index contributed by atoms with van der Waals surface area (Å²) in [6, 6.07) is 10.9. The lowest BCUT2D eigenvalue weighted by Gasteiger charge is -2.05. The summed E-state index contributed by atoms with van der Waals surface area (Å²) < 4.78 is 18.2. The predicted octanol–water partition coefficient (Wildman–Crippen LogP) is 3.07. The fourth-order valence-electron chi connectivity index (χ4n) is 2.86. The fraction of sp³-hybridized carbons (Fsp3) is 0.211. The highest BCUT2D eigenvalue weighted by atomic mass is 32.2. The van der Waals surface area contributed by atoms with E-state index in [0.29, 0.717) is 21.9 Å². The summed E-state index contributed by atoms with van der Waals surface area (Å²) in [5.74, 6) is 0.421. The van der Waals surface area contributed by atoms with Crippen LogP contribution in [0.4, 0.5) is 0 Å².